The Hall–Kier alpha value is -2.69. The van der Waals surface area contributed by atoms with Crippen LogP contribution in [0.25, 0.3) is 5.69 Å². The maximum Gasteiger partial charge on any atom is 0.287 e. The number of halogens is 3. The summed E-state index contributed by atoms with van der Waals surface area (Å²) < 4.78 is 46.5. The van der Waals surface area contributed by atoms with Gasteiger partial charge in [0, 0.05) is 6.07 Å². The van der Waals surface area contributed by atoms with E-state index in [1.54, 1.807) is 0 Å². The van der Waals surface area contributed by atoms with Gasteiger partial charge in [-0.2, -0.15) is 0 Å². The monoisotopic (exact) mass is 458 g/mol. The number of aromatic nitrogens is 3. The highest BCUT2D eigenvalue weighted by molar-refractivity contribution is 7.90. The summed E-state index contributed by atoms with van der Waals surface area (Å²) in [5.41, 5.74) is 0.215. The van der Waals surface area contributed by atoms with Gasteiger partial charge in [-0.15, -0.1) is 5.10 Å². The van der Waals surface area contributed by atoms with E-state index in [2.05, 4.69) is 10.3 Å². The Kier molecular flexibility index (Phi) is 5.78. The Morgan fingerprint density at radius 2 is 1.90 bits per heavy atom. The summed E-state index contributed by atoms with van der Waals surface area (Å²) in [5, 5.41) is 7.47. The zero-order chi connectivity index (χ0) is 21.3. The van der Waals surface area contributed by atoms with Gasteiger partial charge < -0.3 is 4.74 Å². The Bertz CT molecular complexity index is 1210. The number of benzene rings is 2. The third-order valence-electron chi connectivity index (χ3n) is 3.90. The standard InChI is InChI=1S/C17H13Cl2FN4O4S/c1-9-16(21-23-24(9)14-6-3-10(20)7-13(14)19)17(25)22-29(26,27)15-8-11(28-2)4-5-12(15)18/h3-8H,1-2H3,(H,22,25). The summed E-state index contributed by atoms with van der Waals surface area (Å²) in [4.78, 5) is 12.2. The molecule has 1 N–H and O–H groups in total. The minimum atomic E-state index is -4.32. The van der Waals surface area contributed by atoms with Crippen molar-refractivity contribution in [3.05, 3.63) is 63.6 Å². The van der Waals surface area contributed by atoms with Crippen molar-refractivity contribution in [2.24, 2.45) is 0 Å². The molecule has 8 nitrogen and oxygen atoms in total. The fraction of sp³-hybridized carbons (Fsp3) is 0.118. The molecular weight excluding hydrogens is 446 g/mol. The number of nitrogens with zero attached hydrogens (tertiary/aromatic N) is 3. The van der Waals surface area contributed by atoms with E-state index in [1.165, 1.54) is 43.0 Å². The molecule has 0 unspecified atom stereocenters. The molecule has 0 radical (unpaired) electrons. The summed E-state index contributed by atoms with van der Waals surface area (Å²) >= 11 is 12.0. The largest absolute Gasteiger partial charge is 0.497 e. The maximum absolute atomic E-state index is 13.3. The number of hydrogen-bond acceptors (Lipinski definition) is 6. The predicted molar refractivity (Wildman–Crippen MR) is 104 cm³/mol. The molecule has 0 atom stereocenters. The summed E-state index contributed by atoms with van der Waals surface area (Å²) in [5.74, 6) is -1.32. The van der Waals surface area contributed by atoms with Crippen LogP contribution in [-0.4, -0.2) is 36.4 Å². The molecule has 0 aliphatic rings. The predicted octanol–water partition coefficient (Wildman–Crippen LogP) is 3.15. The number of hydrogen-bond donors (Lipinski definition) is 1. The second-order valence-corrected chi connectivity index (χ2v) is 8.23. The molecule has 12 heteroatoms. The quantitative estimate of drug-likeness (QED) is 0.629. The average Bonchev–Trinajstić information content (AvgIpc) is 3.03. The molecular formula is C17H13Cl2FN4O4S. The first-order valence-corrected chi connectivity index (χ1v) is 10.2. The molecule has 0 saturated heterocycles. The van der Waals surface area contributed by atoms with E-state index in [0.29, 0.717) is 0 Å². The van der Waals surface area contributed by atoms with Gasteiger partial charge in [-0.25, -0.2) is 22.2 Å². The Morgan fingerprint density at radius 1 is 1.17 bits per heavy atom. The van der Waals surface area contributed by atoms with E-state index < -0.39 is 21.7 Å². The Labute approximate surface area is 175 Å². The van der Waals surface area contributed by atoms with E-state index in [9.17, 15) is 17.6 Å². The highest BCUT2D eigenvalue weighted by Crippen LogP contribution is 2.26. The van der Waals surface area contributed by atoms with Crippen LogP contribution < -0.4 is 9.46 Å². The molecule has 0 fully saturated rings. The SMILES string of the molecule is COc1ccc(Cl)c(S(=O)(=O)NC(=O)c2nnn(-c3ccc(F)cc3Cl)c2C)c1. The van der Waals surface area contributed by atoms with Crippen LogP contribution in [0.1, 0.15) is 16.2 Å². The number of sulfonamides is 1. The summed E-state index contributed by atoms with van der Waals surface area (Å²) in [6.45, 7) is 1.49. The molecule has 1 amide bonds. The highest BCUT2D eigenvalue weighted by Gasteiger charge is 2.26. The molecule has 1 heterocycles. The first-order valence-electron chi connectivity index (χ1n) is 7.92. The number of nitrogens with one attached hydrogen (secondary N) is 1. The van der Waals surface area contributed by atoms with Gasteiger partial charge >= 0.3 is 0 Å². The zero-order valence-electron chi connectivity index (χ0n) is 15.0. The van der Waals surface area contributed by atoms with Gasteiger partial charge in [0.25, 0.3) is 15.9 Å². The van der Waals surface area contributed by atoms with Crippen molar-refractivity contribution in [1.29, 1.82) is 0 Å². The molecule has 0 spiro atoms. The summed E-state index contributed by atoms with van der Waals surface area (Å²) in [6.07, 6.45) is 0. The van der Waals surface area contributed by atoms with Crippen molar-refractivity contribution < 1.29 is 22.3 Å². The average molecular weight is 459 g/mol. The van der Waals surface area contributed by atoms with E-state index in [1.807, 2.05) is 4.72 Å². The number of rotatable bonds is 5. The lowest BCUT2D eigenvalue weighted by atomic mass is 10.3. The lowest BCUT2D eigenvalue weighted by Crippen LogP contribution is -2.31. The van der Waals surface area contributed by atoms with Crippen LogP contribution in [0.4, 0.5) is 4.39 Å². The molecule has 0 saturated carbocycles. The Morgan fingerprint density at radius 3 is 2.55 bits per heavy atom. The van der Waals surface area contributed by atoms with Crippen molar-refractivity contribution >= 4 is 39.1 Å². The van der Waals surface area contributed by atoms with Crippen LogP contribution in [0.15, 0.2) is 41.3 Å². The number of ether oxygens (including phenoxy) is 1. The van der Waals surface area contributed by atoms with Gasteiger partial charge in [0.05, 0.1) is 28.5 Å². The van der Waals surface area contributed by atoms with Crippen LogP contribution in [0, 0.1) is 12.7 Å². The third kappa shape index (κ3) is 4.19. The highest BCUT2D eigenvalue weighted by atomic mass is 35.5. The molecule has 3 aromatic rings. The van der Waals surface area contributed by atoms with E-state index in [4.69, 9.17) is 27.9 Å². The van der Waals surface area contributed by atoms with Crippen molar-refractivity contribution in [1.82, 2.24) is 19.7 Å². The van der Waals surface area contributed by atoms with Crippen molar-refractivity contribution in [3.63, 3.8) is 0 Å². The second kappa shape index (κ2) is 7.97. The fourth-order valence-electron chi connectivity index (χ4n) is 2.46. The summed E-state index contributed by atoms with van der Waals surface area (Å²) in [7, 11) is -2.96. The van der Waals surface area contributed by atoms with Gasteiger partial charge in [-0.3, -0.25) is 4.79 Å². The summed E-state index contributed by atoms with van der Waals surface area (Å²) in [6, 6.07) is 7.58. The molecule has 29 heavy (non-hydrogen) atoms. The number of carbonyl (C=O) groups is 1. The van der Waals surface area contributed by atoms with Crippen LogP contribution in [0.3, 0.4) is 0 Å². The van der Waals surface area contributed by atoms with E-state index >= 15 is 0 Å². The molecule has 3 rings (SSSR count). The van der Waals surface area contributed by atoms with E-state index in [-0.39, 0.29) is 37.8 Å². The molecule has 0 bridgehead atoms. The van der Waals surface area contributed by atoms with Crippen LogP contribution in [0.5, 0.6) is 5.75 Å². The van der Waals surface area contributed by atoms with Crippen LogP contribution in [-0.2, 0) is 10.0 Å². The minimum Gasteiger partial charge on any atom is -0.497 e. The van der Waals surface area contributed by atoms with Gasteiger partial charge in [-0.1, -0.05) is 28.4 Å². The maximum atomic E-state index is 13.3. The molecule has 0 aliphatic heterocycles. The minimum absolute atomic E-state index is 0.0424. The third-order valence-corrected chi connectivity index (χ3v) is 6.02. The van der Waals surface area contributed by atoms with Crippen molar-refractivity contribution in [3.8, 4) is 11.4 Å². The molecule has 0 aliphatic carbocycles. The van der Waals surface area contributed by atoms with Gasteiger partial charge in [0.15, 0.2) is 5.69 Å². The number of methoxy groups -OCH3 is 1. The lowest BCUT2D eigenvalue weighted by molar-refractivity contribution is 0.0976. The van der Waals surface area contributed by atoms with Crippen LogP contribution >= 0.6 is 23.2 Å². The van der Waals surface area contributed by atoms with Gasteiger partial charge in [-0.05, 0) is 37.3 Å². The fourth-order valence-corrected chi connectivity index (χ4v) is 4.18. The van der Waals surface area contributed by atoms with E-state index in [0.717, 1.165) is 12.1 Å². The van der Waals surface area contributed by atoms with Gasteiger partial charge in [0.2, 0.25) is 0 Å². The normalized spacial score (nSPS) is 11.3. The lowest BCUT2D eigenvalue weighted by Gasteiger charge is -2.09. The van der Waals surface area contributed by atoms with Crippen molar-refractivity contribution in [2.45, 2.75) is 11.8 Å². The number of amides is 1. The smallest absolute Gasteiger partial charge is 0.287 e. The first-order chi connectivity index (χ1) is 13.6. The molecule has 1 aromatic heterocycles. The topological polar surface area (TPSA) is 103 Å². The molecule has 2 aromatic carbocycles. The molecule has 152 valence electrons. The second-order valence-electron chi connectivity index (χ2n) is 5.76. The first kappa shape index (κ1) is 21.0. The van der Waals surface area contributed by atoms with Crippen molar-refractivity contribution in [2.75, 3.05) is 7.11 Å². The van der Waals surface area contributed by atoms with Gasteiger partial charge in [0.1, 0.15) is 16.5 Å². The van der Waals surface area contributed by atoms with Crippen LogP contribution in [0.2, 0.25) is 10.0 Å². The number of carbonyl (C=O) groups excluding carboxylic acids is 1. The zero-order valence-corrected chi connectivity index (χ0v) is 17.3. The Balaban J connectivity index is 1.93.